The van der Waals surface area contributed by atoms with Gasteiger partial charge in [-0.25, -0.2) is 0 Å². The van der Waals surface area contributed by atoms with Crippen molar-refractivity contribution in [1.82, 2.24) is 4.90 Å². The summed E-state index contributed by atoms with van der Waals surface area (Å²) in [6.07, 6.45) is 12.0. The molecule has 1 fully saturated rings. The summed E-state index contributed by atoms with van der Waals surface area (Å²) in [5, 5.41) is 8.92. The molecule has 17 heavy (non-hydrogen) atoms. The van der Waals surface area contributed by atoms with Crippen molar-refractivity contribution in [3.05, 3.63) is 0 Å². The number of hydrogen-bond donors (Lipinski definition) is 0. The van der Waals surface area contributed by atoms with E-state index in [-0.39, 0.29) is 0 Å². The van der Waals surface area contributed by atoms with Gasteiger partial charge in [-0.1, -0.05) is 45.4 Å². The molecule has 2 heteroatoms. The van der Waals surface area contributed by atoms with Crippen molar-refractivity contribution < 1.29 is 0 Å². The molecule has 0 radical (unpaired) electrons. The van der Waals surface area contributed by atoms with Gasteiger partial charge in [0.25, 0.3) is 0 Å². The molecule has 0 spiro atoms. The van der Waals surface area contributed by atoms with Crippen LogP contribution in [-0.4, -0.2) is 24.5 Å². The fourth-order valence-electron chi connectivity index (χ4n) is 2.66. The van der Waals surface area contributed by atoms with Crippen LogP contribution < -0.4 is 0 Å². The lowest BCUT2D eigenvalue weighted by atomic mass is 9.99. The first-order chi connectivity index (χ1) is 8.36. The maximum absolute atomic E-state index is 8.92. The van der Waals surface area contributed by atoms with Crippen LogP contribution >= 0.6 is 0 Å². The third kappa shape index (κ3) is 6.68. The molecule has 1 saturated heterocycles. The van der Waals surface area contributed by atoms with E-state index in [1.54, 1.807) is 0 Å². The molecule has 0 bridgehead atoms. The van der Waals surface area contributed by atoms with Gasteiger partial charge in [0, 0.05) is 6.54 Å². The lowest BCUT2D eigenvalue weighted by molar-refractivity contribution is 0.196. The van der Waals surface area contributed by atoms with E-state index >= 15 is 0 Å². The maximum atomic E-state index is 8.92. The van der Waals surface area contributed by atoms with Crippen LogP contribution in [0.3, 0.4) is 0 Å². The Labute approximate surface area is 107 Å². The third-order valence-corrected chi connectivity index (χ3v) is 3.77. The number of rotatable bonds is 8. The van der Waals surface area contributed by atoms with Crippen molar-refractivity contribution in [1.29, 1.82) is 5.26 Å². The Bertz CT molecular complexity index is 219. The van der Waals surface area contributed by atoms with Crippen LogP contribution in [0.15, 0.2) is 0 Å². The number of unbranched alkanes of at least 4 members (excludes halogenated alkanes) is 6. The van der Waals surface area contributed by atoms with Crippen molar-refractivity contribution in [3.63, 3.8) is 0 Å². The predicted octanol–water partition coefficient (Wildman–Crippen LogP) is 3.97. The van der Waals surface area contributed by atoms with Crippen LogP contribution in [0.4, 0.5) is 0 Å². The second-order valence-electron chi connectivity index (χ2n) is 5.39. The van der Waals surface area contributed by atoms with E-state index in [2.05, 4.69) is 17.9 Å². The van der Waals surface area contributed by atoms with E-state index in [0.717, 1.165) is 13.0 Å². The highest BCUT2D eigenvalue weighted by molar-refractivity contribution is 4.88. The summed E-state index contributed by atoms with van der Waals surface area (Å²) < 4.78 is 0. The Hall–Kier alpha value is -0.550. The number of nitrogens with zero attached hydrogens (tertiary/aromatic N) is 2. The zero-order chi connectivity index (χ0) is 12.3. The molecule has 1 aliphatic rings. The van der Waals surface area contributed by atoms with Crippen LogP contribution in [0.5, 0.6) is 0 Å². The molecule has 0 aromatic carbocycles. The van der Waals surface area contributed by atoms with Crippen molar-refractivity contribution in [2.24, 2.45) is 5.92 Å². The smallest absolute Gasteiger partial charge is 0.0669 e. The van der Waals surface area contributed by atoms with E-state index in [1.807, 2.05) is 0 Å². The predicted molar refractivity (Wildman–Crippen MR) is 72.8 cm³/mol. The number of hydrogen-bond acceptors (Lipinski definition) is 2. The Balaban J connectivity index is 1.94. The molecule has 1 heterocycles. The number of likely N-dealkylation sites (tertiary alicyclic amines) is 1. The summed E-state index contributed by atoms with van der Waals surface area (Å²) in [6, 6.07) is 2.42. The minimum Gasteiger partial charge on any atom is -0.302 e. The standard InChI is InChI=1S/C15H28N2/c1-2-3-4-5-6-7-8-11-17-12-9-10-15(13-16)14-17/h15H,2-12,14H2,1H3. The summed E-state index contributed by atoms with van der Waals surface area (Å²) in [5.41, 5.74) is 0. The molecule has 1 aliphatic heterocycles. The average Bonchev–Trinajstić information content (AvgIpc) is 2.38. The molecule has 0 aliphatic carbocycles. The minimum absolute atomic E-state index is 0.299. The van der Waals surface area contributed by atoms with Gasteiger partial charge in [0.1, 0.15) is 0 Å². The monoisotopic (exact) mass is 236 g/mol. The Morgan fingerprint density at radius 1 is 1.12 bits per heavy atom. The molecule has 0 amide bonds. The maximum Gasteiger partial charge on any atom is 0.0669 e. The van der Waals surface area contributed by atoms with E-state index in [9.17, 15) is 0 Å². The molecule has 98 valence electrons. The quantitative estimate of drug-likeness (QED) is 0.596. The normalized spacial score (nSPS) is 21.3. The topological polar surface area (TPSA) is 27.0 Å². The van der Waals surface area contributed by atoms with E-state index in [4.69, 9.17) is 5.26 Å². The first-order valence-electron chi connectivity index (χ1n) is 7.48. The molecular weight excluding hydrogens is 208 g/mol. The SMILES string of the molecule is CCCCCCCCCN1CCCC(C#N)C1. The van der Waals surface area contributed by atoms with Gasteiger partial charge in [0.15, 0.2) is 0 Å². The number of piperidine rings is 1. The highest BCUT2D eigenvalue weighted by Gasteiger charge is 2.18. The van der Waals surface area contributed by atoms with Crippen molar-refractivity contribution in [2.75, 3.05) is 19.6 Å². The van der Waals surface area contributed by atoms with Crippen molar-refractivity contribution >= 4 is 0 Å². The fraction of sp³-hybridized carbons (Fsp3) is 0.933. The van der Waals surface area contributed by atoms with Gasteiger partial charge >= 0.3 is 0 Å². The van der Waals surface area contributed by atoms with Crippen LogP contribution in [0.1, 0.15) is 64.7 Å². The Kier molecular flexibility index (Phi) is 8.09. The average molecular weight is 236 g/mol. The first-order valence-corrected chi connectivity index (χ1v) is 7.48. The molecule has 1 atom stereocenters. The molecular formula is C15H28N2. The van der Waals surface area contributed by atoms with Gasteiger partial charge < -0.3 is 4.90 Å². The minimum atomic E-state index is 0.299. The zero-order valence-electron chi connectivity index (χ0n) is 11.5. The Morgan fingerprint density at radius 2 is 1.82 bits per heavy atom. The van der Waals surface area contributed by atoms with E-state index in [1.165, 1.54) is 64.5 Å². The van der Waals surface area contributed by atoms with E-state index < -0.39 is 0 Å². The van der Waals surface area contributed by atoms with Crippen molar-refractivity contribution in [2.45, 2.75) is 64.7 Å². The Morgan fingerprint density at radius 3 is 2.53 bits per heavy atom. The summed E-state index contributed by atoms with van der Waals surface area (Å²) in [4.78, 5) is 2.49. The number of nitriles is 1. The van der Waals surface area contributed by atoms with Gasteiger partial charge in [-0.05, 0) is 32.4 Å². The van der Waals surface area contributed by atoms with Gasteiger partial charge in [-0.3, -0.25) is 0 Å². The molecule has 0 aromatic rings. The fourth-order valence-corrected chi connectivity index (χ4v) is 2.66. The van der Waals surface area contributed by atoms with Crippen molar-refractivity contribution in [3.8, 4) is 6.07 Å². The molecule has 2 nitrogen and oxygen atoms in total. The van der Waals surface area contributed by atoms with Crippen LogP contribution in [0.2, 0.25) is 0 Å². The second-order valence-corrected chi connectivity index (χ2v) is 5.39. The second kappa shape index (κ2) is 9.48. The highest BCUT2D eigenvalue weighted by Crippen LogP contribution is 2.16. The molecule has 1 unspecified atom stereocenters. The summed E-state index contributed by atoms with van der Waals surface area (Å²) in [5.74, 6) is 0.299. The van der Waals surface area contributed by atoms with Gasteiger partial charge in [-0.2, -0.15) is 5.26 Å². The first kappa shape index (κ1) is 14.5. The molecule has 0 aromatic heterocycles. The largest absolute Gasteiger partial charge is 0.302 e. The zero-order valence-corrected chi connectivity index (χ0v) is 11.5. The molecule has 0 saturated carbocycles. The highest BCUT2D eigenvalue weighted by atomic mass is 15.1. The van der Waals surface area contributed by atoms with Crippen LogP contribution in [0, 0.1) is 17.2 Å². The summed E-state index contributed by atoms with van der Waals surface area (Å²) in [6.45, 7) is 5.72. The van der Waals surface area contributed by atoms with E-state index in [0.29, 0.717) is 5.92 Å². The lowest BCUT2D eigenvalue weighted by Gasteiger charge is -2.29. The summed E-state index contributed by atoms with van der Waals surface area (Å²) in [7, 11) is 0. The van der Waals surface area contributed by atoms with Crippen LogP contribution in [0.25, 0.3) is 0 Å². The molecule has 1 rings (SSSR count). The summed E-state index contributed by atoms with van der Waals surface area (Å²) >= 11 is 0. The third-order valence-electron chi connectivity index (χ3n) is 3.77. The van der Waals surface area contributed by atoms with Crippen LogP contribution in [-0.2, 0) is 0 Å². The van der Waals surface area contributed by atoms with Gasteiger partial charge in [0.05, 0.1) is 12.0 Å². The lowest BCUT2D eigenvalue weighted by Crippen LogP contribution is -2.35. The van der Waals surface area contributed by atoms with Gasteiger partial charge in [0.2, 0.25) is 0 Å². The van der Waals surface area contributed by atoms with Gasteiger partial charge in [-0.15, -0.1) is 0 Å². The molecule has 0 N–H and O–H groups in total.